The maximum atomic E-state index is 13.9. The number of ether oxygens (including phenoxy) is 1. The Labute approximate surface area is 182 Å². The van der Waals surface area contributed by atoms with E-state index in [0.717, 1.165) is 11.1 Å². The fourth-order valence-electron chi connectivity index (χ4n) is 4.72. The number of amides is 2. The van der Waals surface area contributed by atoms with E-state index in [1.165, 1.54) is 0 Å². The molecular formula is C24H27ClN2O3. The predicted molar refractivity (Wildman–Crippen MR) is 116 cm³/mol. The van der Waals surface area contributed by atoms with Crippen LogP contribution in [0, 0.1) is 0 Å². The number of halogens is 1. The van der Waals surface area contributed by atoms with Crippen LogP contribution in [0.15, 0.2) is 54.6 Å². The van der Waals surface area contributed by atoms with E-state index >= 15 is 0 Å². The molecule has 2 amide bonds. The smallest absolute Gasteiger partial charge is 0.233 e. The Bertz CT molecular complexity index is 894. The van der Waals surface area contributed by atoms with Crippen molar-refractivity contribution in [2.75, 3.05) is 32.8 Å². The molecule has 0 bridgehead atoms. The summed E-state index contributed by atoms with van der Waals surface area (Å²) in [4.78, 5) is 30.0. The molecular weight excluding hydrogens is 400 g/mol. The molecule has 0 radical (unpaired) electrons. The molecule has 0 N–H and O–H groups in total. The van der Waals surface area contributed by atoms with Gasteiger partial charge in [-0.3, -0.25) is 9.59 Å². The van der Waals surface area contributed by atoms with Gasteiger partial charge in [0.2, 0.25) is 11.8 Å². The fourth-order valence-corrected chi connectivity index (χ4v) is 4.85. The van der Waals surface area contributed by atoms with Crippen LogP contribution in [0.5, 0.6) is 0 Å². The van der Waals surface area contributed by atoms with Crippen molar-refractivity contribution in [3.05, 3.63) is 70.7 Å². The van der Waals surface area contributed by atoms with Gasteiger partial charge in [0.1, 0.15) is 0 Å². The number of rotatable bonds is 3. The average molecular weight is 427 g/mol. The van der Waals surface area contributed by atoms with Crippen LogP contribution >= 0.6 is 11.6 Å². The molecule has 0 aliphatic carbocycles. The third-order valence-electron chi connectivity index (χ3n) is 6.41. The highest BCUT2D eigenvalue weighted by atomic mass is 35.5. The molecule has 4 rings (SSSR count). The van der Waals surface area contributed by atoms with Gasteiger partial charge in [-0.15, -0.1) is 0 Å². The second-order valence-corrected chi connectivity index (χ2v) is 8.53. The van der Waals surface area contributed by atoms with Gasteiger partial charge in [-0.2, -0.15) is 0 Å². The van der Waals surface area contributed by atoms with Crippen molar-refractivity contribution in [1.29, 1.82) is 0 Å². The third kappa shape index (κ3) is 3.96. The highest BCUT2D eigenvalue weighted by molar-refractivity contribution is 6.30. The van der Waals surface area contributed by atoms with Crippen molar-refractivity contribution >= 4 is 23.4 Å². The molecule has 5 nitrogen and oxygen atoms in total. The fraction of sp³-hybridized carbons (Fsp3) is 0.417. The number of hydrogen-bond donors (Lipinski definition) is 0. The molecule has 30 heavy (non-hydrogen) atoms. The molecule has 2 aliphatic rings. The van der Waals surface area contributed by atoms with Gasteiger partial charge in [-0.1, -0.05) is 54.1 Å². The summed E-state index contributed by atoms with van der Waals surface area (Å²) in [5.41, 5.74) is 1.44. The summed E-state index contributed by atoms with van der Waals surface area (Å²) >= 11 is 6.10. The molecule has 2 aromatic rings. The number of carbonyl (C=O) groups excluding carboxylic acids is 2. The molecule has 2 saturated heterocycles. The normalized spacial score (nSPS) is 21.3. The zero-order valence-electron chi connectivity index (χ0n) is 17.2. The second-order valence-electron chi connectivity index (χ2n) is 8.09. The van der Waals surface area contributed by atoms with E-state index in [0.29, 0.717) is 50.7 Å². The minimum atomic E-state index is -0.609. The quantitative estimate of drug-likeness (QED) is 0.749. The Hall–Kier alpha value is -2.37. The van der Waals surface area contributed by atoms with Crippen LogP contribution in [-0.4, -0.2) is 54.5 Å². The predicted octanol–water partition coefficient (Wildman–Crippen LogP) is 3.82. The van der Waals surface area contributed by atoms with E-state index < -0.39 is 5.41 Å². The second kappa shape index (κ2) is 8.78. The first-order valence-electron chi connectivity index (χ1n) is 10.5. The summed E-state index contributed by atoms with van der Waals surface area (Å²) in [6.45, 7) is 4.29. The van der Waals surface area contributed by atoms with Crippen molar-refractivity contribution in [1.82, 2.24) is 9.80 Å². The summed E-state index contributed by atoms with van der Waals surface area (Å²) in [6.07, 6.45) is 1.30. The van der Waals surface area contributed by atoms with E-state index in [1.807, 2.05) is 64.4 Å². The van der Waals surface area contributed by atoms with Gasteiger partial charge in [0.15, 0.2) is 0 Å². The van der Waals surface area contributed by atoms with Crippen LogP contribution in [-0.2, 0) is 19.7 Å². The van der Waals surface area contributed by atoms with E-state index in [1.54, 1.807) is 6.92 Å². The highest BCUT2D eigenvalue weighted by Crippen LogP contribution is 2.39. The first-order chi connectivity index (χ1) is 14.5. The van der Waals surface area contributed by atoms with Crippen LogP contribution in [0.4, 0.5) is 0 Å². The first kappa shape index (κ1) is 20.9. The number of piperazine rings is 1. The maximum absolute atomic E-state index is 13.9. The van der Waals surface area contributed by atoms with Gasteiger partial charge >= 0.3 is 0 Å². The maximum Gasteiger partial charge on any atom is 0.233 e. The number of hydrogen-bond acceptors (Lipinski definition) is 3. The van der Waals surface area contributed by atoms with Crippen molar-refractivity contribution in [2.24, 2.45) is 0 Å². The molecule has 6 heteroatoms. The summed E-state index contributed by atoms with van der Waals surface area (Å²) in [5.74, 6) is 0.159. The molecule has 1 unspecified atom stereocenters. The van der Waals surface area contributed by atoms with E-state index in [2.05, 4.69) is 0 Å². The highest BCUT2D eigenvalue weighted by Gasteiger charge is 2.46. The largest absolute Gasteiger partial charge is 0.381 e. The Kier molecular flexibility index (Phi) is 6.11. The van der Waals surface area contributed by atoms with Crippen LogP contribution in [0.3, 0.4) is 0 Å². The van der Waals surface area contributed by atoms with Crippen LogP contribution < -0.4 is 0 Å². The number of benzene rings is 2. The number of nitrogens with zero attached hydrogens (tertiary/aromatic N) is 2. The molecule has 0 spiro atoms. The lowest BCUT2D eigenvalue weighted by atomic mass is 9.72. The Morgan fingerprint density at radius 3 is 2.30 bits per heavy atom. The molecule has 2 aliphatic heterocycles. The van der Waals surface area contributed by atoms with E-state index in [-0.39, 0.29) is 17.9 Å². The molecule has 1 atom stereocenters. The molecule has 2 fully saturated rings. The Morgan fingerprint density at radius 2 is 1.67 bits per heavy atom. The SMILES string of the molecule is CC(=O)N1CCN(C(=O)C2(c3ccc(Cl)cc3)CCOCC2)CC1c1ccccc1. The molecule has 158 valence electrons. The minimum Gasteiger partial charge on any atom is -0.381 e. The topological polar surface area (TPSA) is 49.9 Å². The monoisotopic (exact) mass is 426 g/mol. The lowest BCUT2D eigenvalue weighted by molar-refractivity contribution is -0.148. The molecule has 0 aromatic heterocycles. The Morgan fingerprint density at radius 1 is 1.00 bits per heavy atom. The summed E-state index contributed by atoms with van der Waals surface area (Å²) in [7, 11) is 0. The van der Waals surface area contributed by atoms with Gasteiger partial charge in [0.25, 0.3) is 0 Å². The van der Waals surface area contributed by atoms with Gasteiger partial charge in [-0.25, -0.2) is 0 Å². The summed E-state index contributed by atoms with van der Waals surface area (Å²) < 4.78 is 5.60. The lowest BCUT2D eigenvalue weighted by Crippen LogP contribution is -2.57. The summed E-state index contributed by atoms with van der Waals surface area (Å²) in [6, 6.07) is 17.5. The van der Waals surface area contributed by atoms with Crippen LogP contribution in [0.1, 0.15) is 36.9 Å². The van der Waals surface area contributed by atoms with Crippen LogP contribution in [0.2, 0.25) is 5.02 Å². The number of carbonyl (C=O) groups is 2. The van der Waals surface area contributed by atoms with Crippen molar-refractivity contribution in [2.45, 2.75) is 31.2 Å². The lowest BCUT2D eigenvalue weighted by Gasteiger charge is -2.46. The zero-order chi connectivity index (χ0) is 21.1. The van der Waals surface area contributed by atoms with E-state index in [9.17, 15) is 9.59 Å². The van der Waals surface area contributed by atoms with Crippen molar-refractivity contribution in [3.63, 3.8) is 0 Å². The molecule has 2 heterocycles. The first-order valence-corrected chi connectivity index (χ1v) is 10.8. The van der Waals surface area contributed by atoms with E-state index in [4.69, 9.17) is 16.3 Å². The summed E-state index contributed by atoms with van der Waals surface area (Å²) in [5, 5.41) is 0.660. The molecule has 2 aromatic carbocycles. The minimum absolute atomic E-state index is 0.0365. The van der Waals surface area contributed by atoms with Crippen molar-refractivity contribution < 1.29 is 14.3 Å². The van der Waals surface area contributed by atoms with Gasteiger partial charge < -0.3 is 14.5 Å². The van der Waals surface area contributed by atoms with Crippen LogP contribution in [0.25, 0.3) is 0 Å². The van der Waals surface area contributed by atoms with Gasteiger partial charge in [-0.05, 0) is 36.1 Å². The zero-order valence-corrected chi connectivity index (χ0v) is 18.0. The van der Waals surface area contributed by atoms with Gasteiger partial charge in [0, 0.05) is 44.8 Å². The van der Waals surface area contributed by atoms with Gasteiger partial charge in [0.05, 0.1) is 11.5 Å². The van der Waals surface area contributed by atoms with Crippen molar-refractivity contribution in [3.8, 4) is 0 Å². The molecule has 0 saturated carbocycles. The third-order valence-corrected chi connectivity index (χ3v) is 6.66. The Balaban J connectivity index is 1.65. The standard InChI is InChI=1S/C24H27ClN2O3/c1-18(28)27-14-13-26(17-22(27)19-5-3-2-4-6-19)23(29)24(11-15-30-16-12-24)20-7-9-21(25)10-8-20/h2-10,22H,11-17H2,1H3. The average Bonchev–Trinajstić information content (AvgIpc) is 2.79.